The number of hydrogen-bond donors (Lipinski definition) is 3. The first-order chi connectivity index (χ1) is 19.2. The number of aliphatic carboxylic acids is 3. The molecule has 40 heavy (non-hydrogen) atoms. The Kier molecular flexibility index (Phi) is 10.9. The monoisotopic (exact) mass is 553 g/mol. The Morgan fingerprint density at radius 1 is 0.950 bits per heavy atom. The SMILES string of the molecule is CCN(CC)Cc1cnn(-c2cc(C#CCOCC(=O)O)cc(-n3ccc(CN(CC(=O)O)CC(=O)O)n3)n2)c1. The van der Waals surface area contributed by atoms with Gasteiger partial charge in [-0.25, -0.2) is 19.1 Å². The van der Waals surface area contributed by atoms with Crippen molar-refractivity contribution in [1.82, 2.24) is 34.3 Å². The number of aromatic nitrogens is 5. The molecule has 3 aromatic heterocycles. The quantitative estimate of drug-likeness (QED) is 0.178. The summed E-state index contributed by atoms with van der Waals surface area (Å²) in [6, 6.07) is 5.05. The molecule has 3 rings (SSSR count). The highest BCUT2D eigenvalue weighted by molar-refractivity contribution is 5.72. The average Bonchev–Trinajstić information content (AvgIpc) is 3.56. The molecule has 0 bridgehead atoms. The Morgan fingerprint density at radius 3 is 2.25 bits per heavy atom. The van der Waals surface area contributed by atoms with Gasteiger partial charge in [-0.05, 0) is 31.3 Å². The molecule has 0 amide bonds. The Labute approximate surface area is 230 Å². The van der Waals surface area contributed by atoms with Crippen molar-refractivity contribution in [1.29, 1.82) is 0 Å². The molecule has 212 valence electrons. The molecule has 3 aromatic rings. The van der Waals surface area contributed by atoms with Crippen molar-refractivity contribution in [2.45, 2.75) is 26.9 Å². The zero-order chi connectivity index (χ0) is 29.1. The highest BCUT2D eigenvalue weighted by Gasteiger charge is 2.16. The van der Waals surface area contributed by atoms with Gasteiger partial charge in [0.1, 0.15) is 13.2 Å². The molecule has 0 saturated carbocycles. The second-order valence-corrected chi connectivity index (χ2v) is 8.70. The molecule has 0 unspecified atom stereocenters. The van der Waals surface area contributed by atoms with E-state index in [-0.39, 0.29) is 13.2 Å². The number of nitrogens with zero attached hydrogens (tertiary/aromatic N) is 7. The van der Waals surface area contributed by atoms with Gasteiger partial charge in [0, 0.05) is 36.6 Å². The van der Waals surface area contributed by atoms with Crippen molar-refractivity contribution in [2.24, 2.45) is 0 Å². The number of carboxylic acid groups (broad SMARTS) is 3. The van der Waals surface area contributed by atoms with Gasteiger partial charge in [-0.15, -0.1) is 0 Å². The van der Waals surface area contributed by atoms with E-state index in [1.54, 1.807) is 35.3 Å². The third-order valence-corrected chi connectivity index (χ3v) is 5.58. The van der Waals surface area contributed by atoms with Gasteiger partial charge in [-0.1, -0.05) is 25.7 Å². The fourth-order valence-electron chi connectivity index (χ4n) is 3.76. The molecule has 14 heteroatoms. The molecule has 0 radical (unpaired) electrons. The van der Waals surface area contributed by atoms with Gasteiger partial charge in [0.15, 0.2) is 11.6 Å². The number of rotatable bonds is 15. The molecule has 0 spiro atoms. The van der Waals surface area contributed by atoms with Crippen LogP contribution < -0.4 is 0 Å². The maximum Gasteiger partial charge on any atom is 0.329 e. The predicted molar refractivity (Wildman–Crippen MR) is 141 cm³/mol. The van der Waals surface area contributed by atoms with Crippen molar-refractivity contribution in [2.75, 3.05) is 39.4 Å². The number of pyridine rings is 1. The topological polar surface area (TPSA) is 176 Å². The molecular weight excluding hydrogens is 522 g/mol. The van der Waals surface area contributed by atoms with Crippen molar-refractivity contribution < 1.29 is 34.4 Å². The third-order valence-electron chi connectivity index (χ3n) is 5.58. The summed E-state index contributed by atoms with van der Waals surface area (Å²) < 4.78 is 8.09. The first kappa shape index (κ1) is 30.0. The molecule has 0 aliphatic rings. The smallest absolute Gasteiger partial charge is 0.329 e. The van der Waals surface area contributed by atoms with Gasteiger partial charge in [0.25, 0.3) is 0 Å². The number of ether oxygens (including phenoxy) is 1. The minimum Gasteiger partial charge on any atom is -0.480 e. The van der Waals surface area contributed by atoms with E-state index in [0.29, 0.717) is 22.9 Å². The van der Waals surface area contributed by atoms with E-state index in [1.807, 2.05) is 6.20 Å². The Bertz CT molecular complexity index is 1370. The molecular formula is C26H31N7O7. The molecule has 0 aliphatic carbocycles. The second kappa shape index (κ2) is 14.5. The minimum absolute atomic E-state index is 0.00669. The molecule has 0 aliphatic heterocycles. The van der Waals surface area contributed by atoms with Crippen LogP contribution in [0.2, 0.25) is 0 Å². The predicted octanol–water partition coefficient (Wildman–Crippen LogP) is 0.719. The summed E-state index contributed by atoms with van der Waals surface area (Å²) >= 11 is 0. The zero-order valence-corrected chi connectivity index (χ0v) is 22.2. The van der Waals surface area contributed by atoms with Crippen LogP contribution in [-0.4, -0.2) is 107 Å². The standard InChI is InChI=1S/C26H31N7O7/c1-3-30(4-2)13-20-12-27-33(14-20)23-11-19(6-5-9-40-18-26(38)39)10-22(28-23)32-8-7-21(29-32)15-31(16-24(34)35)17-25(36)37/h7-8,10-12,14H,3-4,9,13,15-18H2,1-2H3,(H,34,35)(H,36,37)(H,38,39). The summed E-state index contributed by atoms with van der Waals surface area (Å²) in [4.78, 5) is 41.1. The number of carboxylic acids is 3. The molecule has 0 aromatic carbocycles. The highest BCUT2D eigenvalue weighted by atomic mass is 16.5. The summed E-state index contributed by atoms with van der Waals surface area (Å²) in [6.45, 7) is 5.27. The Balaban J connectivity index is 1.91. The van der Waals surface area contributed by atoms with Crippen LogP contribution in [0.5, 0.6) is 0 Å². The lowest BCUT2D eigenvalue weighted by molar-refractivity contribution is -0.143. The summed E-state index contributed by atoms with van der Waals surface area (Å²) in [5.41, 5.74) is 2.00. The van der Waals surface area contributed by atoms with Crippen LogP contribution in [-0.2, 0) is 32.2 Å². The Hall–Kier alpha value is -4.58. The summed E-state index contributed by atoms with van der Waals surface area (Å²) in [7, 11) is 0. The second-order valence-electron chi connectivity index (χ2n) is 8.70. The summed E-state index contributed by atoms with van der Waals surface area (Å²) in [5.74, 6) is 3.20. The van der Waals surface area contributed by atoms with Gasteiger partial charge < -0.3 is 20.1 Å². The van der Waals surface area contributed by atoms with E-state index in [0.717, 1.165) is 25.2 Å². The lowest BCUT2D eigenvalue weighted by Gasteiger charge is -2.16. The maximum absolute atomic E-state index is 11.1. The van der Waals surface area contributed by atoms with Crippen LogP contribution in [0.15, 0.2) is 36.8 Å². The Morgan fingerprint density at radius 2 is 1.62 bits per heavy atom. The van der Waals surface area contributed by atoms with Crippen LogP contribution >= 0.6 is 0 Å². The fourth-order valence-corrected chi connectivity index (χ4v) is 3.76. The highest BCUT2D eigenvalue weighted by Crippen LogP contribution is 2.15. The zero-order valence-electron chi connectivity index (χ0n) is 22.2. The van der Waals surface area contributed by atoms with Crippen molar-refractivity contribution in [3.05, 3.63) is 53.6 Å². The molecule has 3 heterocycles. The van der Waals surface area contributed by atoms with E-state index < -0.39 is 37.6 Å². The van der Waals surface area contributed by atoms with Crippen LogP contribution in [0, 0.1) is 11.8 Å². The van der Waals surface area contributed by atoms with Gasteiger partial charge in [0.05, 0.1) is 25.0 Å². The average molecular weight is 554 g/mol. The van der Waals surface area contributed by atoms with E-state index in [2.05, 4.69) is 45.8 Å². The third kappa shape index (κ3) is 9.31. The van der Waals surface area contributed by atoms with Crippen LogP contribution in [0.4, 0.5) is 0 Å². The maximum atomic E-state index is 11.1. The first-order valence-electron chi connectivity index (χ1n) is 12.4. The van der Waals surface area contributed by atoms with Crippen molar-refractivity contribution in [3.63, 3.8) is 0 Å². The first-order valence-corrected chi connectivity index (χ1v) is 12.4. The van der Waals surface area contributed by atoms with Crippen molar-refractivity contribution in [3.8, 4) is 23.5 Å². The summed E-state index contributed by atoms with van der Waals surface area (Å²) in [5, 5.41) is 35.8. The lowest BCUT2D eigenvalue weighted by Crippen LogP contribution is -2.34. The normalized spacial score (nSPS) is 11.0. The van der Waals surface area contributed by atoms with E-state index in [9.17, 15) is 14.4 Å². The van der Waals surface area contributed by atoms with Gasteiger partial charge in [-0.3, -0.25) is 19.4 Å². The molecule has 14 nitrogen and oxygen atoms in total. The van der Waals surface area contributed by atoms with Crippen LogP contribution in [0.25, 0.3) is 11.6 Å². The van der Waals surface area contributed by atoms with E-state index >= 15 is 0 Å². The molecule has 0 fully saturated rings. The van der Waals surface area contributed by atoms with Crippen LogP contribution in [0.1, 0.15) is 30.7 Å². The fraction of sp³-hybridized carbons (Fsp3) is 0.385. The summed E-state index contributed by atoms with van der Waals surface area (Å²) in [6.07, 6.45) is 5.27. The van der Waals surface area contributed by atoms with Crippen molar-refractivity contribution >= 4 is 17.9 Å². The van der Waals surface area contributed by atoms with Gasteiger partial charge >= 0.3 is 17.9 Å². The molecule has 0 atom stereocenters. The van der Waals surface area contributed by atoms with Gasteiger partial charge in [-0.2, -0.15) is 10.2 Å². The number of hydrogen-bond acceptors (Lipinski definition) is 9. The largest absolute Gasteiger partial charge is 0.480 e. The van der Waals surface area contributed by atoms with Crippen LogP contribution in [0.3, 0.4) is 0 Å². The molecule has 0 saturated heterocycles. The minimum atomic E-state index is -1.15. The number of carbonyl (C=O) groups is 3. The van der Waals surface area contributed by atoms with Gasteiger partial charge in [0.2, 0.25) is 0 Å². The van der Waals surface area contributed by atoms with E-state index in [1.165, 1.54) is 9.58 Å². The van der Waals surface area contributed by atoms with E-state index in [4.69, 9.17) is 20.1 Å². The molecule has 3 N–H and O–H groups in total. The lowest BCUT2D eigenvalue weighted by atomic mass is 10.2.